The lowest BCUT2D eigenvalue weighted by Gasteiger charge is -2.06. The molecule has 2 N–H and O–H groups in total. The molecule has 8 heteroatoms. The van der Waals surface area contributed by atoms with Crippen LogP contribution in [0.3, 0.4) is 0 Å². The molecule has 0 bridgehead atoms. The lowest BCUT2D eigenvalue weighted by Crippen LogP contribution is -2.24. The fourth-order valence-electron chi connectivity index (χ4n) is 2.11. The zero-order valence-corrected chi connectivity index (χ0v) is 12.2. The van der Waals surface area contributed by atoms with Crippen LogP contribution in [0.2, 0.25) is 5.15 Å². The lowest BCUT2D eigenvalue weighted by atomic mass is 10.2. The second kappa shape index (κ2) is 5.92. The molecule has 2 aromatic heterocycles. The predicted molar refractivity (Wildman–Crippen MR) is 78.6 cm³/mol. The lowest BCUT2D eigenvalue weighted by molar-refractivity contribution is 0.0946. The number of carbonyl (C=O) groups excluding carboxylic acids is 1. The van der Waals surface area contributed by atoms with E-state index in [0.29, 0.717) is 17.1 Å². The van der Waals surface area contributed by atoms with Crippen LogP contribution in [0.5, 0.6) is 0 Å². The Balaban J connectivity index is 1.78. The van der Waals surface area contributed by atoms with Crippen LogP contribution in [-0.2, 0) is 6.54 Å². The van der Waals surface area contributed by atoms with Crippen molar-refractivity contribution in [2.75, 3.05) is 0 Å². The topological polar surface area (TPSA) is 57.8 Å². The molecule has 0 fully saturated rings. The van der Waals surface area contributed by atoms with Crippen LogP contribution in [0, 0.1) is 17.5 Å². The van der Waals surface area contributed by atoms with Gasteiger partial charge >= 0.3 is 0 Å². The van der Waals surface area contributed by atoms with Gasteiger partial charge in [-0.3, -0.25) is 4.79 Å². The zero-order valence-electron chi connectivity index (χ0n) is 11.5. The van der Waals surface area contributed by atoms with Crippen molar-refractivity contribution in [3.8, 4) is 0 Å². The van der Waals surface area contributed by atoms with Crippen LogP contribution in [0.25, 0.3) is 11.0 Å². The number of hydrogen-bond donors (Lipinski definition) is 2. The smallest absolute Gasteiger partial charge is 0.268 e. The molecule has 0 saturated carbocycles. The number of carbonyl (C=O) groups is 1. The molecule has 0 aliphatic rings. The van der Waals surface area contributed by atoms with E-state index < -0.39 is 23.4 Å². The Morgan fingerprint density at radius 3 is 2.78 bits per heavy atom. The largest absolute Gasteiger partial charge is 0.347 e. The number of rotatable bonds is 3. The Morgan fingerprint density at radius 2 is 2.00 bits per heavy atom. The highest BCUT2D eigenvalue weighted by Crippen LogP contribution is 2.17. The number of aromatic nitrogens is 2. The maximum absolute atomic E-state index is 13.5. The van der Waals surface area contributed by atoms with Crippen molar-refractivity contribution in [1.82, 2.24) is 15.3 Å². The van der Waals surface area contributed by atoms with Gasteiger partial charge in [0.15, 0.2) is 11.6 Å². The summed E-state index contributed by atoms with van der Waals surface area (Å²) in [5.74, 6) is -3.99. The molecule has 0 atom stereocenters. The molecule has 0 radical (unpaired) electrons. The highest BCUT2D eigenvalue weighted by atomic mass is 35.5. The average Bonchev–Trinajstić information content (AvgIpc) is 2.92. The van der Waals surface area contributed by atoms with E-state index >= 15 is 0 Å². The minimum atomic E-state index is -1.31. The summed E-state index contributed by atoms with van der Waals surface area (Å²) in [7, 11) is 0. The fourth-order valence-corrected chi connectivity index (χ4v) is 2.26. The summed E-state index contributed by atoms with van der Waals surface area (Å²) in [6.07, 6.45) is 0. The Morgan fingerprint density at radius 1 is 1.22 bits per heavy atom. The predicted octanol–water partition coefficient (Wildman–Crippen LogP) is 3.56. The van der Waals surface area contributed by atoms with Gasteiger partial charge in [-0.25, -0.2) is 18.2 Å². The number of nitrogens with one attached hydrogen (secondary N) is 2. The summed E-state index contributed by atoms with van der Waals surface area (Å²) in [6.45, 7) is -0.358. The van der Waals surface area contributed by atoms with Crippen LogP contribution >= 0.6 is 11.6 Å². The number of amides is 1. The molecule has 3 aromatic rings. The monoisotopic (exact) mass is 339 g/mol. The number of benzene rings is 1. The van der Waals surface area contributed by atoms with Gasteiger partial charge in [0.25, 0.3) is 5.91 Å². The fraction of sp³-hybridized carbons (Fsp3) is 0.0667. The van der Waals surface area contributed by atoms with Crippen LogP contribution < -0.4 is 5.32 Å². The van der Waals surface area contributed by atoms with Crippen LogP contribution in [0.4, 0.5) is 13.2 Å². The number of aromatic amines is 1. The van der Waals surface area contributed by atoms with E-state index in [2.05, 4.69) is 15.3 Å². The average molecular weight is 340 g/mol. The van der Waals surface area contributed by atoms with Gasteiger partial charge in [0, 0.05) is 23.6 Å². The van der Waals surface area contributed by atoms with Crippen molar-refractivity contribution in [2.24, 2.45) is 0 Å². The SMILES string of the molecule is O=C(NCc1cc(F)cc(F)c1F)c1cc2ccc(Cl)nc2[nH]1. The molecule has 0 spiro atoms. The van der Waals surface area contributed by atoms with E-state index in [0.717, 1.165) is 6.07 Å². The highest BCUT2D eigenvalue weighted by Gasteiger charge is 2.14. The highest BCUT2D eigenvalue weighted by molar-refractivity contribution is 6.29. The van der Waals surface area contributed by atoms with E-state index in [1.165, 1.54) is 6.07 Å². The van der Waals surface area contributed by atoms with Gasteiger partial charge in [0.05, 0.1) is 0 Å². The van der Waals surface area contributed by atoms with Crippen LogP contribution in [0.15, 0.2) is 30.3 Å². The summed E-state index contributed by atoms with van der Waals surface area (Å²) < 4.78 is 39.7. The van der Waals surface area contributed by atoms with Gasteiger partial charge in [0.1, 0.15) is 22.3 Å². The molecule has 0 aliphatic heterocycles. The Bertz CT molecular complexity index is 910. The van der Waals surface area contributed by atoms with Crippen molar-refractivity contribution >= 4 is 28.5 Å². The Kier molecular flexibility index (Phi) is 3.96. The molecule has 118 valence electrons. The van der Waals surface area contributed by atoms with Gasteiger partial charge in [-0.05, 0) is 24.3 Å². The van der Waals surface area contributed by atoms with Gasteiger partial charge < -0.3 is 10.3 Å². The number of pyridine rings is 1. The molecule has 3 rings (SSSR count). The number of nitrogens with zero attached hydrogens (tertiary/aromatic N) is 1. The number of fused-ring (bicyclic) bond motifs is 1. The van der Waals surface area contributed by atoms with E-state index in [1.807, 2.05) is 0 Å². The standard InChI is InChI=1S/C15H9ClF3N3O/c16-12-2-1-7-4-11(21-14(7)22-12)15(23)20-6-8-3-9(17)5-10(18)13(8)19/h1-5H,6H2,(H,20,23)(H,21,22). The molecule has 2 heterocycles. The van der Waals surface area contributed by atoms with E-state index in [1.54, 1.807) is 12.1 Å². The number of H-pyrrole nitrogens is 1. The van der Waals surface area contributed by atoms with Gasteiger partial charge in [0.2, 0.25) is 0 Å². The maximum Gasteiger partial charge on any atom is 0.268 e. The first kappa shape index (κ1) is 15.4. The molecule has 1 amide bonds. The summed E-state index contributed by atoms with van der Waals surface area (Å²) in [5, 5.41) is 3.32. The number of halogens is 4. The molecular formula is C15H9ClF3N3O. The minimum absolute atomic E-state index is 0.173. The molecule has 4 nitrogen and oxygen atoms in total. The van der Waals surface area contributed by atoms with Crippen molar-refractivity contribution < 1.29 is 18.0 Å². The third kappa shape index (κ3) is 3.14. The first-order valence-corrected chi connectivity index (χ1v) is 6.89. The second-order valence-electron chi connectivity index (χ2n) is 4.80. The summed E-state index contributed by atoms with van der Waals surface area (Å²) in [4.78, 5) is 18.8. The normalized spacial score (nSPS) is 11.0. The molecule has 0 saturated heterocycles. The Hall–Kier alpha value is -2.54. The van der Waals surface area contributed by atoms with Crippen molar-refractivity contribution in [3.63, 3.8) is 0 Å². The van der Waals surface area contributed by atoms with Crippen molar-refractivity contribution in [2.45, 2.75) is 6.54 Å². The summed E-state index contributed by atoms with van der Waals surface area (Å²) in [6, 6.07) is 6.05. The van der Waals surface area contributed by atoms with Crippen LogP contribution in [-0.4, -0.2) is 15.9 Å². The van der Waals surface area contributed by atoms with Gasteiger partial charge in [-0.1, -0.05) is 11.6 Å². The third-order valence-corrected chi connectivity index (χ3v) is 3.41. The molecular weight excluding hydrogens is 331 g/mol. The summed E-state index contributed by atoms with van der Waals surface area (Å²) >= 11 is 5.75. The van der Waals surface area contributed by atoms with E-state index in [-0.39, 0.29) is 23.0 Å². The van der Waals surface area contributed by atoms with Crippen molar-refractivity contribution in [3.05, 3.63) is 64.2 Å². The Labute approximate surface area is 133 Å². The first-order valence-electron chi connectivity index (χ1n) is 6.51. The molecule has 23 heavy (non-hydrogen) atoms. The maximum atomic E-state index is 13.5. The number of hydrogen-bond acceptors (Lipinski definition) is 2. The molecule has 1 aromatic carbocycles. The van der Waals surface area contributed by atoms with Gasteiger partial charge in [-0.15, -0.1) is 0 Å². The third-order valence-electron chi connectivity index (χ3n) is 3.20. The molecule has 0 aliphatic carbocycles. The zero-order chi connectivity index (χ0) is 16.6. The first-order chi connectivity index (χ1) is 10.9. The van der Waals surface area contributed by atoms with Crippen LogP contribution in [0.1, 0.15) is 16.1 Å². The van der Waals surface area contributed by atoms with E-state index in [9.17, 15) is 18.0 Å². The second-order valence-corrected chi connectivity index (χ2v) is 5.19. The quantitative estimate of drug-likeness (QED) is 0.566. The van der Waals surface area contributed by atoms with Gasteiger partial charge in [-0.2, -0.15) is 0 Å². The van der Waals surface area contributed by atoms with E-state index in [4.69, 9.17) is 11.6 Å². The van der Waals surface area contributed by atoms with Crippen molar-refractivity contribution in [1.29, 1.82) is 0 Å². The summed E-state index contributed by atoms with van der Waals surface area (Å²) in [5.41, 5.74) is 0.311. The molecule has 0 unspecified atom stereocenters. The minimum Gasteiger partial charge on any atom is -0.347 e.